The monoisotopic (exact) mass is 431 g/mol. The highest BCUT2D eigenvalue weighted by atomic mass is 32.1. The number of hydrogen-bond donors (Lipinski definition) is 2. The lowest BCUT2D eigenvalue weighted by atomic mass is 10.3. The minimum atomic E-state index is -4.78. The highest BCUT2D eigenvalue weighted by Gasteiger charge is 2.31. The van der Waals surface area contributed by atoms with Crippen LogP contribution in [0.4, 0.5) is 18.3 Å². The van der Waals surface area contributed by atoms with Gasteiger partial charge in [0.15, 0.2) is 5.13 Å². The number of anilines is 1. The van der Waals surface area contributed by atoms with E-state index in [-0.39, 0.29) is 29.9 Å². The van der Waals surface area contributed by atoms with Crippen LogP contribution < -0.4 is 15.4 Å². The highest BCUT2D eigenvalue weighted by Crippen LogP contribution is 2.31. The number of benzene rings is 1. The highest BCUT2D eigenvalue weighted by molar-refractivity contribution is 7.22. The Hall–Kier alpha value is -2.44. The van der Waals surface area contributed by atoms with Crippen molar-refractivity contribution in [2.75, 3.05) is 51.6 Å². The summed E-state index contributed by atoms with van der Waals surface area (Å²) in [6.07, 6.45) is -4.78. The Morgan fingerprint density at radius 2 is 2.07 bits per heavy atom. The molecule has 1 aromatic carbocycles. The molecular formula is C17H20F3N5O3S. The number of nitrogens with zero attached hydrogens (tertiary/aromatic N) is 3. The van der Waals surface area contributed by atoms with Gasteiger partial charge >= 0.3 is 6.36 Å². The molecule has 0 bridgehead atoms. The molecule has 0 spiro atoms. The van der Waals surface area contributed by atoms with Crippen LogP contribution in [-0.4, -0.2) is 79.3 Å². The zero-order valence-electron chi connectivity index (χ0n) is 15.6. The SMILES string of the molecule is CN(CC(=O)Nc1nc2ccc(OC(F)(F)F)cc2s1)C(=O)CN1CCNCC1. The number of amides is 2. The number of fused-ring (bicyclic) bond motifs is 1. The van der Waals surface area contributed by atoms with E-state index in [0.717, 1.165) is 43.6 Å². The van der Waals surface area contributed by atoms with Crippen LogP contribution in [0.3, 0.4) is 0 Å². The Kier molecular flexibility index (Phi) is 6.55. The molecule has 3 rings (SSSR count). The molecular weight excluding hydrogens is 411 g/mol. The number of ether oxygens (including phenoxy) is 1. The number of aromatic nitrogens is 1. The van der Waals surface area contributed by atoms with E-state index in [2.05, 4.69) is 20.4 Å². The maximum atomic E-state index is 12.3. The van der Waals surface area contributed by atoms with Crippen LogP contribution in [0, 0.1) is 0 Å². The molecule has 0 unspecified atom stereocenters. The summed E-state index contributed by atoms with van der Waals surface area (Å²) in [6.45, 7) is 3.29. The van der Waals surface area contributed by atoms with E-state index in [1.54, 1.807) is 7.05 Å². The number of alkyl halides is 3. The number of halogens is 3. The predicted molar refractivity (Wildman–Crippen MR) is 102 cm³/mol. The first-order valence-corrected chi connectivity index (χ1v) is 9.64. The zero-order chi connectivity index (χ0) is 21.0. The van der Waals surface area contributed by atoms with Crippen molar-refractivity contribution in [2.24, 2.45) is 0 Å². The van der Waals surface area contributed by atoms with Crippen molar-refractivity contribution in [1.82, 2.24) is 20.1 Å². The minimum Gasteiger partial charge on any atom is -0.406 e. The normalized spacial score (nSPS) is 15.3. The van der Waals surface area contributed by atoms with Crippen LogP contribution in [0.5, 0.6) is 5.75 Å². The van der Waals surface area contributed by atoms with Crippen molar-refractivity contribution >= 4 is 38.5 Å². The molecule has 2 N–H and O–H groups in total. The summed E-state index contributed by atoms with van der Waals surface area (Å²) < 4.78 is 41.3. The van der Waals surface area contributed by atoms with Crippen LogP contribution in [-0.2, 0) is 9.59 Å². The lowest BCUT2D eigenvalue weighted by Gasteiger charge is -2.28. The number of carbonyl (C=O) groups excluding carboxylic acids is 2. The molecule has 2 amide bonds. The van der Waals surface area contributed by atoms with Crippen LogP contribution in [0.1, 0.15) is 0 Å². The first-order chi connectivity index (χ1) is 13.7. The maximum Gasteiger partial charge on any atom is 0.573 e. The fraction of sp³-hybridized carbons (Fsp3) is 0.471. The summed E-state index contributed by atoms with van der Waals surface area (Å²) >= 11 is 1.02. The average molecular weight is 431 g/mol. The van der Waals surface area contributed by atoms with E-state index >= 15 is 0 Å². The van der Waals surface area contributed by atoms with Gasteiger partial charge in [-0.05, 0) is 12.1 Å². The first-order valence-electron chi connectivity index (χ1n) is 8.83. The molecule has 0 atom stereocenters. The number of rotatable bonds is 6. The van der Waals surface area contributed by atoms with E-state index < -0.39 is 12.3 Å². The second kappa shape index (κ2) is 8.93. The molecule has 1 saturated heterocycles. The lowest BCUT2D eigenvalue weighted by Crippen LogP contribution is -2.48. The van der Waals surface area contributed by atoms with Gasteiger partial charge in [-0.2, -0.15) is 0 Å². The van der Waals surface area contributed by atoms with Crippen molar-refractivity contribution in [2.45, 2.75) is 6.36 Å². The Balaban J connectivity index is 1.55. The molecule has 2 heterocycles. The Morgan fingerprint density at radius 3 is 2.76 bits per heavy atom. The van der Waals surface area contributed by atoms with Gasteiger partial charge in [0.1, 0.15) is 5.75 Å². The third-order valence-corrected chi connectivity index (χ3v) is 5.15. The van der Waals surface area contributed by atoms with E-state index in [9.17, 15) is 22.8 Å². The van der Waals surface area contributed by atoms with Crippen molar-refractivity contribution in [1.29, 1.82) is 0 Å². The molecule has 0 saturated carbocycles. The van der Waals surface area contributed by atoms with Gasteiger partial charge in [0.25, 0.3) is 0 Å². The van der Waals surface area contributed by atoms with Gasteiger partial charge in [0.2, 0.25) is 11.8 Å². The maximum absolute atomic E-state index is 12.3. The number of piperazine rings is 1. The molecule has 1 aromatic heterocycles. The van der Waals surface area contributed by atoms with E-state index in [1.165, 1.54) is 17.0 Å². The largest absolute Gasteiger partial charge is 0.573 e. The summed E-state index contributed by atoms with van der Waals surface area (Å²) in [7, 11) is 1.54. The standard InChI is InChI=1S/C17H20F3N5O3S/c1-24(15(27)10-25-6-4-21-5-7-25)9-14(26)23-16-22-12-3-2-11(8-13(12)29-16)28-17(18,19)20/h2-3,8,21H,4-7,9-10H2,1H3,(H,22,23,26). The van der Waals surface area contributed by atoms with Crippen molar-refractivity contribution in [3.8, 4) is 5.75 Å². The van der Waals surface area contributed by atoms with E-state index in [1.807, 2.05) is 4.90 Å². The summed E-state index contributed by atoms with van der Waals surface area (Å²) in [5, 5.41) is 6.01. The summed E-state index contributed by atoms with van der Waals surface area (Å²) in [6, 6.07) is 3.74. The van der Waals surface area contributed by atoms with Gasteiger partial charge in [-0.25, -0.2) is 4.98 Å². The van der Waals surface area contributed by atoms with Crippen LogP contribution in [0.25, 0.3) is 10.2 Å². The van der Waals surface area contributed by atoms with Crippen LogP contribution in [0.15, 0.2) is 18.2 Å². The Bertz CT molecular complexity index is 883. The molecule has 2 aromatic rings. The number of carbonyl (C=O) groups is 2. The van der Waals surface area contributed by atoms with Crippen molar-refractivity contribution in [3.63, 3.8) is 0 Å². The lowest BCUT2D eigenvalue weighted by molar-refractivity contribution is -0.274. The second-order valence-electron chi connectivity index (χ2n) is 6.52. The van der Waals surface area contributed by atoms with Gasteiger partial charge in [-0.1, -0.05) is 11.3 Å². The van der Waals surface area contributed by atoms with Gasteiger partial charge in [0, 0.05) is 39.3 Å². The average Bonchev–Trinajstić information content (AvgIpc) is 3.02. The molecule has 158 valence electrons. The molecule has 0 aliphatic carbocycles. The third kappa shape index (κ3) is 6.27. The molecule has 29 heavy (non-hydrogen) atoms. The summed E-state index contributed by atoms with van der Waals surface area (Å²) in [5.41, 5.74) is 0.433. The smallest absolute Gasteiger partial charge is 0.406 e. The summed E-state index contributed by atoms with van der Waals surface area (Å²) in [4.78, 5) is 32.0. The van der Waals surface area contributed by atoms with Crippen molar-refractivity contribution < 1.29 is 27.5 Å². The third-order valence-electron chi connectivity index (χ3n) is 4.21. The Labute approximate surface area is 168 Å². The van der Waals surface area contributed by atoms with Crippen LogP contribution in [0.2, 0.25) is 0 Å². The number of thiazole rings is 1. The van der Waals surface area contributed by atoms with Gasteiger partial charge in [-0.3, -0.25) is 14.5 Å². The van der Waals surface area contributed by atoms with E-state index in [4.69, 9.17) is 0 Å². The number of hydrogen-bond acceptors (Lipinski definition) is 7. The molecule has 8 nitrogen and oxygen atoms in total. The fourth-order valence-corrected chi connectivity index (χ4v) is 3.71. The van der Waals surface area contributed by atoms with Gasteiger partial charge < -0.3 is 20.3 Å². The fourth-order valence-electron chi connectivity index (χ4n) is 2.80. The van der Waals surface area contributed by atoms with Gasteiger partial charge in [0.05, 0.1) is 23.3 Å². The van der Waals surface area contributed by atoms with E-state index in [0.29, 0.717) is 10.2 Å². The molecule has 1 aliphatic rings. The molecule has 0 radical (unpaired) electrons. The molecule has 1 fully saturated rings. The number of nitrogens with one attached hydrogen (secondary N) is 2. The zero-order valence-corrected chi connectivity index (χ0v) is 16.4. The predicted octanol–water partition coefficient (Wildman–Crippen LogP) is 1.50. The topological polar surface area (TPSA) is 86.8 Å². The van der Waals surface area contributed by atoms with Crippen LogP contribution >= 0.6 is 11.3 Å². The second-order valence-corrected chi connectivity index (χ2v) is 7.55. The van der Waals surface area contributed by atoms with Gasteiger partial charge in [-0.15, -0.1) is 13.2 Å². The Morgan fingerprint density at radius 1 is 1.34 bits per heavy atom. The number of likely N-dealkylation sites (N-methyl/N-ethyl adjacent to an activating group) is 1. The quantitative estimate of drug-likeness (QED) is 0.721. The van der Waals surface area contributed by atoms with Crippen molar-refractivity contribution in [3.05, 3.63) is 18.2 Å². The summed E-state index contributed by atoms with van der Waals surface area (Å²) in [5.74, 6) is -0.961. The minimum absolute atomic E-state index is 0.150. The molecule has 1 aliphatic heterocycles. The molecule has 12 heteroatoms. The first kappa shape index (κ1) is 21.3.